The summed E-state index contributed by atoms with van der Waals surface area (Å²) in [7, 11) is 0. The van der Waals surface area contributed by atoms with Crippen LogP contribution in [0.25, 0.3) is 0 Å². The Balaban J connectivity index is 1.84. The summed E-state index contributed by atoms with van der Waals surface area (Å²) in [5.41, 5.74) is 7.50. The molecule has 0 amide bonds. The van der Waals surface area contributed by atoms with Crippen molar-refractivity contribution in [2.75, 3.05) is 18.8 Å². The summed E-state index contributed by atoms with van der Waals surface area (Å²) >= 11 is 0. The predicted octanol–water partition coefficient (Wildman–Crippen LogP) is 2.29. The van der Waals surface area contributed by atoms with E-state index in [2.05, 4.69) is 16.8 Å². The lowest BCUT2D eigenvalue weighted by atomic mass is 10.0. The van der Waals surface area contributed by atoms with Crippen molar-refractivity contribution >= 4 is 5.69 Å². The van der Waals surface area contributed by atoms with Crippen molar-refractivity contribution in [3.63, 3.8) is 0 Å². The fourth-order valence-corrected chi connectivity index (χ4v) is 2.46. The van der Waals surface area contributed by atoms with E-state index in [1.54, 1.807) is 6.20 Å². The molecule has 1 fully saturated rings. The quantitative estimate of drug-likeness (QED) is 0.844. The van der Waals surface area contributed by atoms with E-state index in [1.807, 2.05) is 12.1 Å². The Morgan fingerprint density at radius 1 is 1.50 bits per heavy atom. The zero-order chi connectivity index (χ0) is 11.4. The Labute approximate surface area is 97.7 Å². The molecule has 0 aliphatic carbocycles. The molecule has 1 saturated heterocycles. The van der Waals surface area contributed by atoms with Gasteiger partial charge < -0.3 is 5.73 Å². The molecule has 1 aromatic rings. The number of hydrogen-bond donors (Lipinski definition) is 1. The second-order valence-corrected chi connectivity index (χ2v) is 4.76. The van der Waals surface area contributed by atoms with E-state index < -0.39 is 0 Å². The number of hydrogen-bond acceptors (Lipinski definition) is 3. The number of nitrogen functional groups attached to an aromatic ring is 1. The van der Waals surface area contributed by atoms with Crippen LogP contribution in [0.4, 0.5) is 5.69 Å². The van der Waals surface area contributed by atoms with Gasteiger partial charge in [-0.25, -0.2) is 0 Å². The summed E-state index contributed by atoms with van der Waals surface area (Å²) < 4.78 is 0. The van der Waals surface area contributed by atoms with Crippen LogP contribution in [0.5, 0.6) is 0 Å². The van der Waals surface area contributed by atoms with Crippen molar-refractivity contribution in [3.8, 4) is 0 Å². The number of anilines is 1. The molecule has 0 aromatic carbocycles. The summed E-state index contributed by atoms with van der Waals surface area (Å²) in [5.74, 6) is 0.902. The first kappa shape index (κ1) is 11.4. The van der Waals surface area contributed by atoms with Gasteiger partial charge in [-0.15, -0.1) is 0 Å². The van der Waals surface area contributed by atoms with Crippen molar-refractivity contribution < 1.29 is 0 Å². The van der Waals surface area contributed by atoms with Crippen molar-refractivity contribution in [1.29, 1.82) is 0 Å². The van der Waals surface area contributed by atoms with Crippen LogP contribution in [0.15, 0.2) is 18.3 Å². The van der Waals surface area contributed by atoms with E-state index in [4.69, 9.17) is 5.73 Å². The Morgan fingerprint density at radius 3 is 3.06 bits per heavy atom. The Hall–Kier alpha value is -1.09. The topological polar surface area (TPSA) is 42.1 Å². The maximum Gasteiger partial charge on any atom is 0.0545 e. The highest BCUT2D eigenvalue weighted by Crippen LogP contribution is 2.22. The summed E-state index contributed by atoms with van der Waals surface area (Å²) in [4.78, 5) is 6.84. The molecule has 1 unspecified atom stereocenters. The van der Waals surface area contributed by atoms with E-state index in [0.29, 0.717) is 0 Å². The van der Waals surface area contributed by atoms with Crippen molar-refractivity contribution in [3.05, 3.63) is 24.0 Å². The van der Waals surface area contributed by atoms with Crippen LogP contribution in [-0.4, -0.2) is 23.0 Å². The van der Waals surface area contributed by atoms with Crippen LogP contribution in [0.1, 0.15) is 31.9 Å². The van der Waals surface area contributed by atoms with Crippen molar-refractivity contribution in [2.45, 2.75) is 32.7 Å². The monoisotopic (exact) mass is 219 g/mol. The Morgan fingerprint density at radius 2 is 2.38 bits per heavy atom. The van der Waals surface area contributed by atoms with E-state index in [1.165, 1.54) is 32.4 Å². The van der Waals surface area contributed by atoms with Gasteiger partial charge in [0, 0.05) is 13.1 Å². The lowest BCUT2D eigenvalue weighted by molar-refractivity contribution is 0.309. The van der Waals surface area contributed by atoms with Gasteiger partial charge in [0.05, 0.1) is 17.6 Å². The molecule has 3 nitrogen and oxygen atoms in total. The Bertz CT molecular complexity index is 320. The van der Waals surface area contributed by atoms with E-state index in [-0.39, 0.29) is 0 Å². The first-order valence-electron chi connectivity index (χ1n) is 6.20. The van der Waals surface area contributed by atoms with Crippen LogP contribution >= 0.6 is 0 Å². The van der Waals surface area contributed by atoms with Gasteiger partial charge in [-0.1, -0.05) is 13.3 Å². The summed E-state index contributed by atoms with van der Waals surface area (Å²) in [6, 6.07) is 3.96. The SMILES string of the molecule is CCCC1CCN(Cc2ccc(N)cn2)C1. The highest BCUT2D eigenvalue weighted by molar-refractivity contribution is 5.34. The van der Waals surface area contributed by atoms with E-state index >= 15 is 0 Å². The van der Waals surface area contributed by atoms with E-state index in [0.717, 1.165) is 23.8 Å². The second kappa shape index (κ2) is 5.30. The van der Waals surface area contributed by atoms with Crippen molar-refractivity contribution in [2.24, 2.45) is 5.92 Å². The zero-order valence-electron chi connectivity index (χ0n) is 10.0. The van der Waals surface area contributed by atoms with Gasteiger partial charge in [0.2, 0.25) is 0 Å². The van der Waals surface area contributed by atoms with Gasteiger partial charge in [-0.2, -0.15) is 0 Å². The van der Waals surface area contributed by atoms with Gasteiger partial charge in [-0.05, 0) is 37.4 Å². The Kier molecular flexibility index (Phi) is 3.78. The van der Waals surface area contributed by atoms with Gasteiger partial charge in [0.25, 0.3) is 0 Å². The third-order valence-corrected chi connectivity index (χ3v) is 3.30. The fourth-order valence-electron chi connectivity index (χ4n) is 2.46. The number of nitrogens with zero attached hydrogens (tertiary/aromatic N) is 2. The first-order chi connectivity index (χ1) is 7.78. The molecule has 16 heavy (non-hydrogen) atoms. The molecule has 1 atom stereocenters. The number of nitrogens with two attached hydrogens (primary N) is 1. The standard InChI is InChI=1S/C13H21N3/c1-2-3-11-6-7-16(9-11)10-13-5-4-12(14)8-15-13/h4-5,8,11H,2-3,6-7,9-10,14H2,1H3. The third kappa shape index (κ3) is 2.95. The summed E-state index contributed by atoms with van der Waals surface area (Å²) in [5, 5.41) is 0. The second-order valence-electron chi connectivity index (χ2n) is 4.76. The number of aromatic nitrogens is 1. The number of rotatable bonds is 4. The minimum atomic E-state index is 0.744. The minimum Gasteiger partial charge on any atom is -0.397 e. The largest absolute Gasteiger partial charge is 0.397 e. The molecule has 1 aliphatic heterocycles. The van der Waals surface area contributed by atoms with Crippen LogP contribution in [0.2, 0.25) is 0 Å². The molecule has 1 aliphatic rings. The average molecular weight is 219 g/mol. The molecular weight excluding hydrogens is 198 g/mol. The molecule has 0 saturated carbocycles. The number of likely N-dealkylation sites (tertiary alicyclic amines) is 1. The summed E-state index contributed by atoms with van der Waals surface area (Å²) in [6.45, 7) is 5.70. The molecular formula is C13H21N3. The van der Waals surface area contributed by atoms with Crippen LogP contribution in [0, 0.1) is 5.92 Å². The molecule has 2 rings (SSSR count). The normalized spacial score (nSPS) is 21.4. The van der Waals surface area contributed by atoms with Crippen LogP contribution < -0.4 is 5.73 Å². The lowest BCUT2D eigenvalue weighted by Gasteiger charge is -2.15. The van der Waals surface area contributed by atoms with Gasteiger partial charge in [-0.3, -0.25) is 9.88 Å². The molecule has 1 aromatic heterocycles. The predicted molar refractivity (Wildman–Crippen MR) is 66.9 cm³/mol. The van der Waals surface area contributed by atoms with Gasteiger partial charge >= 0.3 is 0 Å². The van der Waals surface area contributed by atoms with Gasteiger partial charge in [0.15, 0.2) is 0 Å². The number of pyridine rings is 1. The summed E-state index contributed by atoms with van der Waals surface area (Å²) in [6.07, 6.45) is 5.77. The lowest BCUT2D eigenvalue weighted by Crippen LogP contribution is -2.20. The van der Waals surface area contributed by atoms with Crippen molar-refractivity contribution in [1.82, 2.24) is 9.88 Å². The fraction of sp³-hybridized carbons (Fsp3) is 0.615. The van der Waals surface area contributed by atoms with Crippen LogP contribution in [0.3, 0.4) is 0 Å². The van der Waals surface area contributed by atoms with Crippen LogP contribution in [-0.2, 0) is 6.54 Å². The maximum absolute atomic E-state index is 5.62. The maximum atomic E-state index is 5.62. The molecule has 88 valence electrons. The molecule has 2 heterocycles. The first-order valence-corrected chi connectivity index (χ1v) is 6.20. The average Bonchev–Trinajstić information content (AvgIpc) is 2.70. The highest BCUT2D eigenvalue weighted by atomic mass is 15.1. The smallest absolute Gasteiger partial charge is 0.0545 e. The minimum absolute atomic E-state index is 0.744. The third-order valence-electron chi connectivity index (χ3n) is 3.30. The molecule has 0 bridgehead atoms. The molecule has 3 heteroatoms. The van der Waals surface area contributed by atoms with Gasteiger partial charge in [0.1, 0.15) is 0 Å². The molecule has 0 spiro atoms. The highest BCUT2D eigenvalue weighted by Gasteiger charge is 2.21. The zero-order valence-corrected chi connectivity index (χ0v) is 10.0. The molecule has 2 N–H and O–H groups in total. The molecule has 0 radical (unpaired) electrons. The van der Waals surface area contributed by atoms with E-state index in [9.17, 15) is 0 Å².